The summed E-state index contributed by atoms with van der Waals surface area (Å²) in [6.45, 7) is 5.01. The molecule has 0 radical (unpaired) electrons. The quantitative estimate of drug-likeness (QED) is 0.0417. The Hall–Kier alpha value is -1.14. The fraction of sp³-hybridized carbons (Fsp3) is 0.973. The molecular formula is C75H149NO5. The summed E-state index contributed by atoms with van der Waals surface area (Å²) in [6, 6.07) is -0.543. The maximum Gasteiger partial charge on any atom is 0.305 e. The Labute approximate surface area is 508 Å². The Morgan fingerprint density at radius 2 is 0.506 bits per heavy atom. The third-order valence-electron chi connectivity index (χ3n) is 18.2. The van der Waals surface area contributed by atoms with Crippen LogP contribution >= 0.6 is 0 Å². The van der Waals surface area contributed by atoms with E-state index >= 15 is 0 Å². The summed E-state index contributed by atoms with van der Waals surface area (Å²) in [6.07, 6.45) is 87.4. The number of aliphatic hydroxyl groups is 2. The molecule has 0 aromatic carbocycles. The normalized spacial score (nSPS) is 12.4. The summed E-state index contributed by atoms with van der Waals surface area (Å²) in [4.78, 5) is 24.7. The first-order valence-corrected chi connectivity index (χ1v) is 37.8. The SMILES string of the molecule is CCCCCCCCCCCCCCCCCCCCCCCCCCC(O)C(CO)NC(=O)CCCCCCCCCCCCCCCCCCCCCCCOC(=O)CCCCCCCCCCCCCCCCCCCCC. The van der Waals surface area contributed by atoms with Crippen LogP contribution in [0.25, 0.3) is 0 Å². The molecule has 0 rings (SSSR count). The van der Waals surface area contributed by atoms with E-state index in [9.17, 15) is 19.8 Å². The first-order chi connectivity index (χ1) is 40.0. The number of carbonyl (C=O) groups is 2. The Morgan fingerprint density at radius 1 is 0.296 bits per heavy atom. The van der Waals surface area contributed by atoms with Crippen molar-refractivity contribution < 1.29 is 24.5 Å². The number of unbranched alkanes of at least 4 members (excludes halogenated alkanes) is 61. The zero-order valence-electron chi connectivity index (χ0n) is 55.6. The van der Waals surface area contributed by atoms with E-state index in [0.717, 1.165) is 38.5 Å². The molecule has 6 nitrogen and oxygen atoms in total. The van der Waals surface area contributed by atoms with Crippen LogP contribution in [0.5, 0.6) is 0 Å². The van der Waals surface area contributed by atoms with Crippen molar-refractivity contribution >= 4 is 11.9 Å². The van der Waals surface area contributed by atoms with Gasteiger partial charge in [0.1, 0.15) is 0 Å². The molecule has 0 saturated heterocycles. The summed E-state index contributed by atoms with van der Waals surface area (Å²) in [5, 5.41) is 23.5. The molecule has 0 fully saturated rings. The molecule has 0 aliphatic carbocycles. The molecule has 0 aromatic rings. The fourth-order valence-electron chi connectivity index (χ4n) is 12.4. The second-order valence-electron chi connectivity index (χ2n) is 26.4. The first-order valence-electron chi connectivity index (χ1n) is 37.8. The first kappa shape index (κ1) is 79.9. The molecule has 2 unspecified atom stereocenters. The number of carbonyl (C=O) groups excluding carboxylic acids is 2. The van der Waals surface area contributed by atoms with Crippen LogP contribution in [0.3, 0.4) is 0 Å². The second kappa shape index (κ2) is 71.3. The highest BCUT2D eigenvalue weighted by molar-refractivity contribution is 5.76. The molecule has 484 valence electrons. The van der Waals surface area contributed by atoms with Crippen molar-refractivity contribution in [2.24, 2.45) is 0 Å². The Morgan fingerprint density at radius 3 is 0.753 bits per heavy atom. The average Bonchev–Trinajstić information content (AvgIpc) is 3.47. The molecule has 3 N–H and O–H groups in total. The number of hydrogen-bond acceptors (Lipinski definition) is 5. The van der Waals surface area contributed by atoms with E-state index in [1.807, 2.05) is 0 Å². The van der Waals surface area contributed by atoms with E-state index in [1.54, 1.807) is 0 Å². The molecule has 0 heterocycles. The topological polar surface area (TPSA) is 95.9 Å². The van der Waals surface area contributed by atoms with Gasteiger partial charge < -0.3 is 20.3 Å². The van der Waals surface area contributed by atoms with Gasteiger partial charge in [0.15, 0.2) is 0 Å². The number of amides is 1. The van der Waals surface area contributed by atoms with Crippen molar-refractivity contribution in [1.29, 1.82) is 0 Å². The third-order valence-corrected chi connectivity index (χ3v) is 18.2. The molecule has 0 saturated carbocycles. The number of aliphatic hydroxyl groups excluding tert-OH is 2. The second-order valence-corrected chi connectivity index (χ2v) is 26.4. The minimum Gasteiger partial charge on any atom is -0.466 e. The minimum atomic E-state index is -0.666. The Bertz CT molecular complexity index is 1180. The maximum absolute atomic E-state index is 12.6. The summed E-state index contributed by atoms with van der Waals surface area (Å²) in [5.41, 5.74) is 0. The van der Waals surface area contributed by atoms with Gasteiger partial charge in [0, 0.05) is 12.8 Å². The molecule has 1 amide bonds. The van der Waals surface area contributed by atoms with Crippen LogP contribution in [0, 0.1) is 0 Å². The highest BCUT2D eigenvalue weighted by Crippen LogP contribution is 2.20. The van der Waals surface area contributed by atoms with E-state index in [0.29, 0.717) is 25.9 Å². The number of nitrogens with one attached hydrogen (secondary N) is 1. The van der Waals surface area contributed by atoms with Crippen LogP contribution in [0.1, 0.15) is 444 Å². The van der Waals surface area contributed by atoms with Gasteiger partial charge in [0.25, 0.3) is 0 Å². The Balaban J connectivity index is 3.36. The number of esters is 1. The molecule has 81 heavy (non-hydrogen) atoms. The maximum atomic E-state index is 12.6. The third kappa shape index (κ3) is 67.9. The number of hydrogen-bond donors (Lipinski definition) is 3. The highest BCUT2D eigenvalue weighted by atomic mass is 16.5. The van der Waals surface area contributed by atoms with Gasteiger partial charge in [0.2, 0.25) is 5.91 Å². The lowest BCUT2D eigenvalue weighted by Gasteiger charge is -2.22. The predicted molar refractivity (Wildman–Crippen MR) is 357 cm³/mol. The lowest BCUT2D eigenvalue weighted by atomic mass is 10.0. The number of rotatable bonds is 72. The molecule has 0 bridgehead atoms. The highest BCUT2D eigenvalue weighted by Gasteiger charge is 2.20. The van der Waals surface area contributed by atoms with Crippen LogP contribution in [0.4, 0.5) is 0 Å². The van der Waals surface area contributed by atoms with Gasteiger partial charge in [-0.15, -0.1) is 0 Å². The van der Waals surface area contributed by atoms with Gasteiger partial charge in [-0.3, -0.25) is 9.59 Å². The van der Waals surface area contributed by atoms with Crippen LogP contribution in [-0.4, -0.2) is 47.4 Å². The van der Waals surface area contributed by atoms with Crippen LogP contribution in [0.2, 0.25) is 0 Å². The van der Waals surface area contributed by atoms with Crippen molar-refractivity contribution in [3.8, 4) is 0 Å². The molecule has 0 aliphatic heterocycles. The van der Waals surface area contributed by atoms with Crippen molar-refractivity contribution in [3.05, 3.63) is 0 Å². The standard InChI is InChI=1S/C75H149NO5/c1-3-5-7-9-11-13-15-17-19-21-23-24-25-26-28-32-35-39-43-47-51-55-59-63-67-73(78)72(71-77)76-74(79)68-64-60-56-52-48-44-40-36-33-29-27-30-34-38-42-46-50-54-58-62-66-70-81-75(80)69-65-61-57-53-49-45-41-37-31-22-20-18-16-14-12-10-8-6-4-2/h72-73,77-78H,3-71H2,1-2H3,(H,76,79). The van der Waals surface area contributed by atoms with E-state index in [2.05, 4.69) is 19.2 Å². The van der Waals surface area contributed by atoms with E-state index in [4.69, 9.17) is 4.74 Å². The van der Waals surface area contributed by atoms with E-state index in [1.165, 1.54) is 372 Å². The van der Waals surface area contributed by atoms with Crippen LogP contribution in [0.15, 0.2) is 0 Å². The summed E-state index contributed by atoms with van der Waals surface area (Å²) >= 11 is 0. The van der Waals surface area contributed by atoms with Gasteiger partial charge in [0.05, 0.1) is 25.4 Å². The lowest BCUT2D eigenvalue weighted by Crippen LogP contribution is -2.45. The van der Waals surface area contributed by atoms with Crippen molar-refractivity contribution in [2.75, 3.05) is 13.2 Å². The monoisotopic (exact) mass is 1140 g/mol. The average molecular weight is 1150 g/mol. The van der Waals surface area contributed by atoms with Gasteiger partial charge in [-0.05, 0) is 25.7 Å². The smallest absolute Gasteiger partial charge is 0.305 e. The molecule has 0 aromatic heterocycles. The van der Waals surface area contributed by atoms with Crippen molar-refractivity contribution in [2.45, 2.75) is 456 Å². The van der Waals surface area contributed by atoms with Crippen molar-refractivity contribution in [1.82, 2.24) is 5.32 Å². The van der Waals surface area contributed by atoms with Gasteiger partial charge in [-0.25, -0.2) is 0 Å². The minimum absolute atomic E-state index is 0.0187. The lowest BCUT2D eigenvalue weighted by molar-refractivity contribution is -0.143. The fourth-order valence-corrected chi connectivity index (χ4v) is 12.4. The number of ether oxygens (including phenoxy) is 1. The van der Waals surface area contributed by atoms with E-state index < -0.39 is 12.1 Å². The van der Waals surface area contributed by atoms with Crippen LogP contribution < -0.4 is 5.32 Å². The summed E-state index contributed by atoms with van der Waals surface area (Å²) in [7, 11) is 0. The largest absolute Gasteiger partial charge is 0.466 e. The van der Waals surface area contributed by atoms with E-state index in [-0.39, 0.29) is 18.5 Å². The molecule has 0 spiro atoms. The predicted octanol–water partition coefficient (Wildman–Crippen LogP) is 24.5. The Kier molecular flexibility index (Phi) is 70.3. The zero-order chi connectivity index (χ0) is 58.5. The van der Waals surface area contributed by atoms with Gasteiger partial charge >= 0.3 is 5.97 Å². The van der Waals surface area contributed by atoms with Gasteiger partial charge in [-0.2, -0.15) is 0 Å². The molecule has 2 atom stereocenters. The molecule has 0 aliphatic rings. The molecule has 6 heteroatoms. The molecular weight excluding hydrogens is 995 g/mol. The summed E-state index contributed by atoms with van der Waals surface area (Å²) < 4.78 is 5.52. The van der Waals surface area contributed by atoms with Gasteiger partial charge in [-0.1, -0.05) is 406 Å². The zero-order valence-corrected chi connectivity index (χ0v) is 55.6. The summed E-state index contributed by atoms with van der Waals surface area (Å²) in [5.74, 6) is -0.0108. The van der Waals surface area contributed by atoms with Crippen molar-refractivity contribution in [3.63, 3.8) is 0 Å². The van der Waals surface area contributed by atoms with Crippen LogP contribution in [-0.2, 0) is 14.3 Å².